The molecule has 134 valence electrons. The van der Waals surface area contributed by atoms with E-state index in [2.05, 4.69) is 5.32 Å². The number of nitrogens with one attached hydrogen (secondary N) is 1. The number of hydrogen-bond donors (Lipinski definition) is 2. The minimum atomic E-state index is -0.239. The Hall–Kier alpha value is -1.46. The summed E-state index contributed by atoms with van der Waals surface area (Å²) in [4.78, 5) is 12.6. The van der Waals surface area contributed by atoms with E-state index in [1.165, 1.54) is 7.11 Å². The quantitative estimate of drug-likeness (QED) is 0.786. The van der Waals surface area contributed by atoms with Crippen LogP contribution in [0.25, 0.3) is 0 Å². The molecule has 1 fully saturated rings. The first kappa shape index (κ1) is 18.9. The molecule has 1 saturated carbocycles. The summed E-state index contributed by atoms with van der Waals surface area (Å²) in [5, 5.41) is 12.8. The molecule has 2 rings (SSSR count). The van der Waals surface area contributed by atoms with Crippen LogP contribution in [0.4, 0.5) is 0 Å². The normalized spacial score (nSPS) is 21.1. The average Bonchev–Trinajstić information content (AvgIpc) is 2.49. The largest absolute Gasteiger partial charge is 0.493 e. The fourth-order valence-electron chi connectivity index (χ4n) is 2.97. The first-order chi connectivity index (χ1) is 11.3. The van der Waals surface area contributed by atoms with Gasteiger partial charge in [-0.15, -0.1) is 0 Å². The Bertz CT molecular complexity index is 585. The SMILES string of the molecule is CCC(NC(=O)c1cc(OC)c(OC(C)C)cc1Cl)C1CC(O)C1. The van der Waals surface area contributed by atoms with Gasteiger partial charge >= 0.3 is 0 Å². The summed E-state index contributed by atoms with van der Waals surface area (Å²) in [6.07, 6.45) is 2.02. The van der Waals surface area contributed by atoms with E-state index in [0.29, 0.717) is 28.0 Å². The average molecular weight is 356 g/mol. The zero-order valence-corrected chi connectivity index (χ0v) is 15.4. The van der Waals surface area contributed by atoms with E-state index < -0.39 is 0 Å². The van der Waals surface area contributed by atoms with E-state index in [1.54, 1.807) is 12.1 Å². The Morgan fingerprint density at radius 2 is 2.04 bits per heavy atom. The highest BCUT2D eigenvalue weighted by atomic mass is 35.5. The zero-order valence-electron chi connectivity index (χ0n) is 14.6. The molecule has 0 heterocycles. The highest BCUT2D eigenvalue weighted by molar-refractivity contribution is 6.34. The van der Waals surface area contributed by atoms with Crippen LogP contribution in [0, 0.1) is 5.92 Å². The number of aliphatic hydroxyl groups is 1. The topological polar surface area (TPSA) is 67.8 Å². The summed E-state index contributed by atoms with van der Waals surface area (Å²) in [7, 11) is 1.53. The van der Waals surface area contributed by atoms with E-state index in [1.807, 2.05) is 20.8 Å². The predicted molar refractivity (Wildman–Crippen MR) is 94.0 cm³/mol. The lowest BCUT2D eigenvalue weighted by Crippen LogP contribution is -2.46. The van der Waals surface area contributed by atoms with Crippen LogP contribution in [0.5, 0.6) is 11.5 Å². The minimum absolute atomic E-state index is 0.0239. The zero-order chi connectivity index (χ0) is 17.9. The van der Waals surface area contributed by atoms with E-state index in [-0.39, 0.29) is 24.2 Å². The number of benzene rings is 1. The van der Waals surface area contributed by atoms with Crippen LogP contribution in [0.3, 0.4) is 0 Å². The molecule has 1 unspecified atom stereocenters. The van der Waals surface area contributed by atoms with Gasteiger partial charge in [-0.3, -0.25) is 4.79 Å². The van der Waals surface area contributed by atoms with Crippen LogP contribution in [0.2, 0.25) is 5.02 Å². The van der Waals surface area contributed by atoms with Gasteiger partial charge < -0.3 is 19.9 Å². The number of carbonyl (C=O) groups excluding carboxylic acids is 1. The molecule has 0 radical (unpaired) electrons. The van der Waals surface area contributed by atoms with Crippen molar-refractivity contribution in [3.8, 4) is 11.5 Å². The Labute approximate surface area is 148 Å². The van der Waals surface area contributed by atoms with Gasteiger partial charge in [0.15, 0.2) is 11.5 Å². The molecule has 1 aliphatic carbocycles. The summed E-state index contributed by atoms with van der Waals surface area (Å²) in [5.41, 5.74) is 0.364. The molecule has 1 amide bonds. The molecule has 5 nitrogen and oxygen atoms in total. The van der Waals surface area contributed by atoms with E-state index >= 15 is 0 Å². The number of ether oxygens (including phenoxy) is 2. The van der Waals surface area contributed by atoms with Gasteiger partial charge in [-0.2, -0.15) is 0 Å². The summed E-state index contributed by atoms with van der Waals surface area (Å²) >= 11 is 6.28. The van der Waals surface area contributed by atoms with Gasteiger partial charge in [-0.1, -0.05) is 18.5 Å². The smallest absolute Gasteiger partial charge is 0.253 e. The van der Waals surface area contributed by atoms with Crippen LogP contribution in [-0.4, -0.2) is 36.4 Å². The molecule has 24 heavy (non-hydrogen) atoms. The Morgan fingerprint density at radius 1 is 1.38 bits per heavy atom. The van der Waals surface area contributed by atoms with Crippen molar-refractivity contribution in [3.63, 3.8) is 0 Å². The van der Waals surface area contributed by atoms with Gasteiger partial charge in [0.1, 0.15) is 0 Å². The maximum absolute atomic E-state index is 12.6. The predicted octanol–water partition coefficient (Wildman–Crippen LogP) is 3.42. The van der Waals surface area contributed by atoms with E-state index in [9.17, 15) is 9.90 Å². The highest BCUT2D eigenvalue weighted by Crippen LogP contribution is 2.35. The number of rotatable bonds is 7. The molecule has 0 aliphatic heterocycles. The lowest BCUT2D eigenvalue weighted by Gasteiger charge is -2.37. The molecule has 6 heteroatoms. The van der Waals surface area contributed by atoms with E-state index in [4.69, 9.17) is 21.1 Å². The first-order valence-corrected chi connectivity index (χ1v) is 8.76. The van der Waals surface area contributed by atoms with Crippen molar-refractivity contribution in [1.29, 1.82) is 0 Å². The molecule has 0 aromatic heterocycles. The second-order valence-electron chi connectivity index (χ2n) is 6.52. The Kier molecular flexibility index (Phi) is 6.35. The van der Waals surface area contributed by atoms with E-state index in [0.717, 1.165) is 19.3 Å². The summed E-state index contributed by atoms with van der Waals surface area (Å²) < 4.78 is 11.0. The standard InChI is InChI=1S/C18H26ClNO4/c1-5-15(11-6-12(21)7-11)20-18(22)13-8-16(23-4)17(9-14(13)19)24-10(2)3/h8-12,15,21H,5-7H2,1-4H3,(H,20,22). The number of halogens is 1. The summed E-state index contributed by atoms with van der Waals surface area (Å²) in [5.74, 6) is 1.08. The van der Waals surface area contributed by atoms with Crippen molar-refractivity contribution in [2.45, 2.75) is 58.3 Å². The minimum Gasteiger partial charge on any atom is -0.493 e. The maximum Gasteiger partial charge on any atom is 0.253 e. The number of aliphatic hydroxyl groups excluding tert-OH is 1. The molecule has 0 saturated heterocycles. The summed E-state index contributed by atoms with van der Waals surface area (Å²) in [6.45, 7) is 5.84. The fourth-order valence-corrected chi connectivity index (χ4v) is 3.21. The number of hydrogen-bond acceptors (Lipinski definition) is 4. The van der Waals surface area contributed by atoms with Crippen LogP contribution in [0.15, 0.2) is 12.1 Å². The second-order valence-corrected chi connectivity index (χ2v) is 6.93. The third kappa shape index (κ3) is 4.33. The highest BCUT2D eigenvalue weighted by Gasteiger charge is 2.34. The molecule has 1 atom stereocenters. The van der Waals surface area contributed by atoms with Crippen LogP contribution in [0.1, 0.15) is 50.4 Å². The first-order valence-electron chi connectivity index (χ1n) is 8.38. The van der Waals surface area contributed by atoms with Crippen molar-refractivity contribution < 1.29 is 19.4 Å². The molecule has 2 N–H and O–H groups in total. The van der Waals surface area contributed by atoms with Gasteiger partial charge in [0.2, 0.25) is 0 Å². The van der Waals surface area contributed by atoms with Crippen molar-refractivity contribution in [2.75, 3.05) is 7.11 Å². The molecular weight excluding hydrogens is 330 g/mol. The van der Waals surface area contributed by atoms with Crippen molar-refractivity contribution in [1.82, 2.24) is 5.32 Å². The van der Waals surface area contributed by atoms with Crippen molar-refractivity contribution >= 4 is 17.5 Å². The molecule has 0 spiro atoms. The van der Waals surface area contributed by atoms with Gasteiger partial charge in [-0.25, -0.2) is 0 Å². The second kappa shape index (κ2) is 8.08. The Balaban J connectivity index is 2.16. The molecule has 1 aromatic carbocycles. The van der Waals surface area contributed by atoms with Gasteiger partial charge in [-0.05, 0) is 45.1 Å². The number of methoxy groups -OCH3 is 1. The van der Waals surface area contributed by atoms with Gasteiger partial charge in [0, 0.05) is 12.1 Å². The van der Waals surface area contributed by atoms with Crippen LogP contribution >= 0.6 is 11.6 Å². The molecular formula is C18H26ClNO4. The molecule has 1 aliphatic rings. The van der Waals surface area contributed by atoms with Crippen molar-refractivity contribution in [2.24, 2.45) is 5.92 Å². The fraction of sp³-hybridized carbons (Fsp3) is 0.611. The molecule has 0 bridgehead atoms. The van der Waals surface area contributed by atoms with Crippen LogP contribution < -0.4 is 14.8 Å². The summed E-state index contributed by atoms with van der Waals surface area (Å²) in [6, 6.07) is 3.26. The number of amides is 1. The third-order valence-electron chi connectivity index (χ3n) is 4.34. The number of carbonyl (C=O) groups is 1. The van der Waals surface area contributed by atoms with Gasteiger partial charge in [0.05, 0.1) is 29.9 Å². The maximum atomic E-state index is 12.6. The lowest BCUT2D eigenvalue weighted by atomic mass is 9.76. The Morgan fingerprint density at radius 3 is 2.54 bits per heavy atom. The molecule has 1 aromatic rings. The van der Waals surface area contributed by atoms with Crippen LogP contribution in [-0.2, 0) is 0 Å². The lowest BCUT2D eigenvalue weighted by molar-refractivity contribution is 0.0232. The van der Waals surface area contributed by atoms with Crippen molar-refractivity contribution in [3.05, 3.63) is 22.7 Å². The van der Waals surface area contributed by atoms with Gasteiger partial charge in [0.25, 0.3) is 5.91 Å². The monoisotopic (exact) mass is 355 g/mol. The third-order valence-corrected chi connectivity index (χ3v) is 4.65.